The predicted molar refractivity (Wildman–Crippen MR) is 111 cm³/mol. The number of benzene rings is 2. The van der Waals surface area contributed by atoms with E-state index in [-0.39, 0.29) is 74.5 Å². The minimum Gasteiger partial charge on any atom is -0.927 e. The fourth-order valence-electron chi connectivity index (χ4n) is 2.92. The molecule has 1 aliphatic rings. The number of aryl methyl sites for hydroxylation is 1. The number of para-hydroxylation sites is 1. The molecular formula is C22H23BrKNO4-2. The normalized spacial score (nSPS) is 13.3. The van der Waals surface area contributed by atoms with E-state index in [0.29, 0.717) is 4.47 Å². The largest absolute Gasteiger partial charge is 1.00 e. The first kappa shape index (κ1) is 26.3. The topological polar surface area (TPSA) is 78.5 Å². The molecule has 3 rings (SSSR count). The van der Waals surface area contributed by atoms with Gasteiger partial charge < -0.3 is 26.4 Å². The van der Waals surface area contributed by atoms with Crippen LogP contribution in [0.3, 0.4) is 0 Å². The number of anilines is 1. The second-order valence-electron chi connectivity index (χ2n) is 6.53. The summed E-state index contributed by atoms with van der Waals surface area (Å²) in [5.41, 5.74) is 1.95. The summed E-state index contributed by atoms with van der Waals surface area (Å²) in [7, 11) is 1.64. The molecule has 1 N–H and O–H groups in total. The zero-order valence-electron chi connectivity index (χ0n) is 17.0. The second-order valence-corrected chi connectivity index (χ2v) is 7.39. The molecule has 0 aliphatic heterocycles. The average molecular weight is 484 g/mol. The summed E-state index contributed by atoms with van der Waals surface area (Å²) in [5, 5.41) is 13.9. The first-order valence-corrected chi connectivity index (χ1v) is 9.86. The summed E-state index contributed by atoms with van der Waals surface area (Å²) in [6.45, 7) is 1.99. The average Bonchev–Trinajstić information content (AvgIpc) is 2.72. The number of carbonyl (C=O) groups excluding carboxylic acids is 2. The van der Waals surface area contributed by atoms with E-state index in [9.17, 15) is 14.7 Å². The zero-order valence-corrected chi connectivity index (χ0v) is 21.7. The molecular weight excluding hydrogens is 461 g/mol. The van der Waals surface area contributed by atoms with Crippen LogP contribution < -0.4 is 66.5 Å². The minimum absolute atomic E-state index is 0. The van der Waals surface area contributed by atoms with Crippen LogP contribution >= 0.6 is 15.9 Å². The van der Waals surface area contributed by atoms with Crippen molar-refractivity contribution < 1.29 is 70.8 Å². The van der Waals surface area contributed by atoms with Gasteiger partial charge in [0.05, 0.1) is 13.4 Å². The molecule has 1 saturated carbocycles. The number of amides is 1. The number of halogens is 1. The molecule has 0 bridgehead atoms. The number of ether oxygens (including phenoxy) is 1. The van der Waals surface area contributed by atoms with Gasteiger partial charge in [0.2, 0.25) is 5.91 Å². The van der Waals surface area contributed by atoms with Crippen LogP contribution in [-0.2, 0) is 9.59 Å². The SMILES string of the molecule is COc1cc(NC(=O)C2CC[CH-]CC2)ccc1C.O=[C-]c1cccc(Br)c1[O-].[K+]. The molecule has 7 heteroatoms. The Morgan fingerprint density at radius 3 is 2.55 bits per heavy atom. The molecule has 0 unspecified atom stereocenters. The Kier molecular flexibility index (Phi) is 12.3. The van der Waals surface area contributed by atoms with Gasteiger partial charge in [0.15, 0.2) is 0 Å². The second kappa shape index (κ2) is 13.6. The third kappa shape index (κ3) is 8.15. The van der Waals surface area contributed by atoms with Crippen LogP contribution in [0.1, 0.15) is 36.8 Å². The first-order chi connectivity index (χ1) is 13.5. The maximum absolute atomic E-state index is 12.1. The van der Waals surface area contributed by atoms with Gasteiger partial charge in [-0.25, -0.2) is 5.75 Å². The Bertz CT molecular complexity index is 822. The van der Waals surface area contributed by atoms with E-state index in [1.165, 1.54) is 6.07 Å². The van der Waals surface area contributed by atoms with Crippen LogP contribution in [-0.4, -0.2) is 19.3 Å². The minimum atomic E-state index is -0.308. The van der Waals surface area contributed by atoms with E-state index in [2.05, 4.69) is 27.7 Å². The molecule has 2 aromatic carbocycles. The Balaban J connectivity index is 0.000000327. The Morgan fingerprint density at radius 2 is 1.97 bits per heavy atom. The van der Waals surface area contributed by atoms with E-state index in [1.54, 1.807) is 25.5 Å². The third-order valence-corrected chi connectivity index (χ3v) is 5.19. The van der Waals surface area contributed by atoms with Gasteiger partial charge >= 0.3 is 51.4 Å². The van der Waals surface area contributed by atoms with Crippen LogP contribution in [0.4, 0.5) is 5.69 Å². The molecule has 0 spiro atoms. The van der Waals surface area contributed by atoms with Gasteiger partial charge in [-0.2, -0.15) is 24.5 Å². The van der Waals surface area contributed by atoms with E-state index in [1.807, 2.05) is 25.1 Å². The summed E-state index contributed by atoms with van der Waals surface area (Å²) in [6, 6.07) is 10.4. The number of hydrogen-bond donors (Lipinski definition) is 1. The van der Waals surface area contributed by atoms with Crippen molar-refractivity contribution in [2.24, 2.45) is 5.92 Å². The van der Waals surface area contributed by atoms with Crippen LogP contribution in [0.5, 0.6) is 11.5 Å². The summed E-state index contributed by atoms with van der Waals surface area (Å²) < 4.78 is 5.65. The monoisotopic (exact) mass is 483 g/mol. The van der Waals surface area contributed by atoms with Gasteiger partial charge in [-0.1, -0.05) is 40.9 Å². The Morgan fingerprint density at radius 1 is 1.28 bits per heavy atom. The summed E-state index contributed by atoms with van der Waals surface area (Å²) in [5.74, 6) is 0.790. The fraction of sp³-hybridized carbons (Fsp3) is 0.318. The van der Waals surface area contributed by atoms with Gasteiger partial charge in [0.1, 0.15) is 5.75 Å². The van der Waals surface area contributed by atoms with Crippen molar-refractivity contribution in [2.45, 2.75) is 32.6 Å². The van der Waals surface area contributed by atoms with Gasteiger partial charge in [0, 0.05) is 17.7 Å². The van der Waals surface area contributed by atoms with Crippen molar-refractivity contribution in [3.8, 4) is 11.5 Å². The van der Waals surface area contributed by atoms with Gasteiger partial charge in [-0.15, -0.1) is 6.07 Å². The summed E-state index contributed by atoms with van der Waals surface area (Å²) >= 11 is 3.00. The van der Waals surface area contributed by atoms with Crippen molar-refractivity contribution >= 4 is 33.8 Å². The van der Waals surface area contributed by atoms with Crippen molar-refractivity contribution in [2.75, 3.05) is 12.4 Å². The molecule has 0 saturated heterocycles. The molecule has 2 aromatic rings. The first-order valence-electron chi connectivity index (χ1n) is 9.07. The zero-order chi connectivity index (χ0) is 20.5. The van der Waals surface area contributed by atoms with Crippen LogP contribution in [0.25, 0.3) is 0 Å². The van der Waals surface area contributed by atoms with E-state index < -0.39 is 0 Å². The van der Waals surface area contributed by atoms with Crippen LogP contribution in [0.15, 0.2) is 40.9 Å². The number of hydrogen-bond acceptors (Lipinski definition) is 4. The van der Waals surface area contributed by atoms with Crippen molar-refractivity contribution in [3.05, 3.63) is 58.4 Å². The fourth-order valence-corrected chi connectivity index (χ4v) is 3.29. The molecule has 0 heterocycles. The predicted octanol–water partition coefficient (Wildman–Crippen LogP) is 1.32. The van der Waals surface area contributed by atoms with Crippen molar-refractivity contribution in [1.29, 1.82) is 0 Å². The number of carbonyl (C=O) groups is 1. The number of nitrogens with one attached hydrogen (secondary N) is 1. The quantitative estimate of drug-likeness (QED) is 0.525. The van der Waals surface area contributed by atoms with Crippen molar-refractivity contribution in [1.82, 2.24) is 0 Å². The summed E-state index contributed by atoms with van der Waals surface area (Å²) in [4.78, 5) is 22.1. The summed E-state index contributed by atoms with van der Waals surface area (Å²) in [6.07, 6.45) is 7.84. The van der Waals surface area contributed by atoms with Crippen molar-refractivity contribution in [3.63, 3.8) is 0 Å². The van der Waals surface area contributed by atoms with Crippen LogP contribution in [0.2, 0.25) is 0 Å². The van der Waals surface area contributed by atoms with E-state index in [0.717, 1.165) is 42.7 Å². The Hall–Kier alpha value is -0.704. The molecule has 0 aromatic heterocycles. The number of methoxy groups -OCH3 is 1. The maximum Gasteiger partial charge on any atom is 1.00 e. The van der Waals surface area contributed by atoms with E-state index in [4.69, 9.17) is 4.74 Å². The molecule has 150 valence electrons. The molecule has 0 atom stereocenters. The third-order valence-electron chi connectivity index (χ3n) is 4.56. The van der Waals surface area contributed by atoms with Gasteiger partial charge in [0.25, 0.3) is 0 Å². The standard InChI is InChI=1S/C15H20NO2.C7H4BrO2.K/c1-11-8-9-13(10-14(11)18-2)16-15(17)12-6-4-3-5-7-12;8-6-3-1-2-5(4-9)7(6)10;/h3,8-10,12H,4-7H2,1-2H3,(H,16,17);1-3,10H;/q2*-1;+1/p-1. The Labute approximate surface area is 223 Å². The van der Waals surface area contributed by atoms with Gasteiger partial charge in [-0.3, -0.25) is 4.79 Å². The maximum atomic E-state index is 12.1. The van der Waals surface area contributed by atoms with Gasteiger partial charge in [-0.05, 0) is 23.0 Å². The van der Waals surface area contributed by atoms with Crippen LogP contribution in [0, 0.1) is 19.3 Å². The molecule has 29 heavy (non-hydrogen) atoms. The number of rotatable bonds is 4. The molecule has 1 fully saturated rings. The molecule has 5 nitrogen and oxygen atoms in total. The molecule has 1 amide bonds. The molecule has 0 radical (unpaired) electrons. The smallest absolute Gasteiger partial charge is 0.927 e. The molecule has 1 aliphatic carbocycles. The van der Waals surface area contributed by atoms with E-state index >= 15 is 0 Å².